The summed E-state index contributed by atoms with van der Waals surface area (Å²) in [6.07, 6.45) is -0.476. The molecular formula is C15H12F5N5O5S. The molecule has 0 heterocycles. The van der Waals surface area contributed by atoms with Crippen molar-refractivity contribution in [3.05, 3.63) is 57.4 Å². The van der Waals surface area contributed by atoms with Crippen LogP contribution in [0.4, 0.5) is 39.0 Å². The molecule has 0 saturated heterocycles. The third kappa shape index (κ3) is 5.34. The number of amides is 1. The van der Waals surface area contributed by atoms with Gasteiger partial charge in [-0.2, -0.15) is 0 Å². The molecule has 2 aromatic carbocycles. The van der Waals surface area contributed by atoms with Gasteiger partial charge in [-0.15, -0.1) is 0 Å². The quantitative estimate of drug-likeness (QED) is 0.151. The molecule has 168 valence electrons. The van der Waals surface area contributed by atoms with Gasteiger partial charge in [-0.25, -0.2) is 35.5 Å². The average Bonchev–Trinajstić information content (AvgIpc) is 2.70. The van der Waals surface area contributed by atoms with Crippen molar-refractivity contribution in [1.82, 2.24) is 5.43 Å². The van der Waals surface area contributed by atoms with Gasteiger partial charge in [0.05, 0.1) is 9.82 Å². The Balaban J connectivity index is 2.02. The van der Waals surface area contributed by atoms with E-state index in [1.807, 2.05) is 0 Å². The number of rotatable bonds is 8. The lowest BCUT2D eigenvalue weighted by molar-refractivity contribution is -0.384. The number of primary sulfonamides is 1. The van der Waals surface area contributed by atoms with Crippen LogP contribution >= 0.6 is 0 Å². The summed E-state index contributed by atoms with van der Waals surface area (Å²) in [5.74, 6) is -12.2. The van der Waals surface area contributed by atoms with E-state index >= 15 is 0 Å². The van der Waals surface area contributed by atoms with Gasteiger partial charge in [0.15, 0.2) is 23.3 Å². The summed E-state index contributed by atoms with van der Waals surface area (Å²) in [6.45, 7) is -0.291. The minimum absolute atomic E-state index is 0.169. The normalized spacial score (nSPS) is 11.2. The van der Waals surface area contributed by atoms with Gasteiger partial charge in [-0.3, -0.25) is 25.8 Å². The van der Waals surface area contributed by atoms with Gasteiger partial charge in [0, 0.05) is 19.0 Å². The molecule has 0 aliphatic rings. The first kappa shape index (κ1) is 23.7. The standard InChI is InChI=1S/C15H12F5N5O5S/c16-10-11(17)13(19)15(14(20)12(10)18)24-23-9(26)3-4-22-7-2-1-6(31(21,29)30)5-8(7)25(27)28/h1-2,5,22,24H,3-4H2,(H,23,26)(H2,21,29,30). The van der Waals surface area contributed by atoms with E-state index in [1.54, 1.807) is 10.9 Å². The molecule has 0 aliphatic carbocycles. The number of nitrogens with zero attached hydrogens (tertiary/aromatic N) is 1. The number of hydrogen-bond donors (Lipinski definition) is 4. The fourth-order valence-electron chi connectivity index (χ4n) is 2.21. The summed E-state index contributed by atoms with van der Waals surface area (Å²) in [5, 5.41) is 18.4. The van der Waals surface area contributed by atoms with Crippen molar-refractivity contribution in [2.24, 2.45) is 5.14 Å². The molecule has 10 nitrogen and oxygen atoms in total. The van der Waals surface area contributed by atoms with Crippen LogP contribution in [0, 0.1) is 39.2 Å². The van der Waals surface area contributed by atoms with Crippen LogP contribution in [0.5, 0.6) is 0 Å². The van der Waals surface area contributed by atoms with Crippen LogP contribution in [0.2, 0.25) is 0 Å². The number of carbonyl (C=O) groups is 1. The molecule has 1 amide bonds. The first-order valence-corrected chi connectivity index (χ1v) is 9.50. The molecule has 0 atom stereocenters. The summed E-state index contributed by atoms with van der Waals surface area (Å²) in [5.41, 5.74) is 0.983. The fourth-order valence-corrected chi connectivity index (χ4v) is 2.74. The van der Waals surface area contributed by atoms with Gasteiger partial charge < -0.3 is 5.32 Å². The highest BCUT2D eigenvalue weighted by atomic mass is 32.2. The zero-order chi connectivity index (χ0) is 23.5. The van der Waals surface area contributed by atoms with E-state index in [1.165, 1.54) is 0 Å². The molecule has 0 saturated carbocycles. The van der Waals surface area contributed by atoms with Crippen LogP contribution in [0.15, 0.2) is 23.1 Å². The molecule has 5 N–H and O–H groups in total. The molecule has 0 radical (unpaired) electrons. The van der Waals surface area contributed by atoms with Crippen LogP contribution in [-0.4, -0.2) is 25.8 Å². The number of nitrogens with two attached hydrogens (primary N) is 1. The van der Waals surface area contributed by atoms with E-state index in [2.05, 4.69) is 5.32 Å². The molecule has 2 aromatic rings. The molecule has 0 spiro atoms. The molecule has 0 fully saturated rings. The second-order valence-corrected chi connectivity index (χ2v) is 7.34. The van der Waals surface area contributed by atoms with E-state index in [-0.39, 0.29) is 12.2 Å². The zero-order valence-corrected chi connectivity index (χ0v) is 15.8. The Hall–Kier alpha value is -3.53. The maximum atomic E-state index is 13.5. The minimum Gasteiger partial charge on any atom is -0.379 e. The molecule has 0 bridgehead atoms. The van der Waals surface area contributed by atoms with Crippen LogP contribution in [-0.2, 0) is 14.8 Å². The highest BCUT2D eigenvalue weighted by Crippen LogP contribution is 2.28. The van der Waals surface area contributed by atoms with E-state index in [0.717, 1.165) is 12.1 Å². The van der Waals surface area contributed by atoms with Crippen LogP contribution in [0.1, 0.15) is 6.42 Å². The maximum Gasteiger partial charge on any atom is 0.293 e. The number of benzene rings is 2. The van der Waals surface area contributed by atoms with Crippen molar-refractivity contribution in [1.29, 1.82) is 0 Å². The Morgan fingerprint density at radius 1 is 1.03 bits per heavy atom. The largest absolute Gasteiger partial charge is 0.379 e. The Kier molecular flexibility index (Phi) is 6.96. The third-order valence-electron chi connectivity index (χ3n) is 3.70. The Morgan fingerprint density at radius 2 is 1.58 bits per heavy atom. The number of carbonyl (C=O) groups excluding carboxylic acids is 1. The lowest BCUT2D eigenvalue weighted by Crippen LogP contribution is -2.32. The summed E-state index contributed by atoms with van der Waals surface area (Å²) < 4.78 is 88.7. The van der Waals surface area contributed by atoms with E-state index in [4.69, 9.17) is 5.14 Å². The Labute approximate surface area is 170 Å². The second-order valence-electron chi connectivity index (χ2n) is 5.78. The number of nitro groups is 1. The summed E-state index contributed by atoms with van der Waals surface area (Å²) >= 11 is 0. The molecule has 2 rings (SSSR count). The van der Waals surface area contributed by atoms with Crippen molar-refractivity contribution in [3.63, 3.8) is 0 Å². The van der Waals surface area contributed by atoms with Crippen molar-refractivity contribution in [2.45, 2.75) is 11.3 Å². The van der Waals surface area contributed by atoms with Crippen molar-refractivity contribution >= 4 is 33.0 Å². The van der Waals surface area contributed by atoms with E-state index in [0.29, 0.717) is 6.07 Å². The lowest BCUT2D eigenvalue weighted by atomic mass is 10.2. The number of hydrogen-bond acceptors (Lipinski definition) is 7. The molecular weight excluding hydrogens is 457 g/mol. The summed E-state index contributed by atoms with van der Waals surface area (Å²) in [6, 6.07) is 2.71. The lowest BCUT2D eigenvalue weighted by Gasteiger charge is -2.12. The molecule has 0 unspecified atom stereocenters. The highest BCUT2D eigenvalue weighted by molar-refractivity contribution is 7.89. The predicted octanol–water partition coefficient (Wildman–Crippen LogP) is 1.88. The van der Waals surface area contributed by atoms with E-state index < -0.39 is 72.6 Å². The predicted molar refractivity (Wildman–Crippen MR) is 95.6 cm³/mol. The number of sulfonamides is 1. The fraction of sp³-hybridized carbons (Fsp3) is 0.133. The van der Waals surface area contributed by atoms with Crippen LogP contribution in [0.3, 0.4) is 0 Å². The van der Waals surface area contributed by atoms with E-state index in [9.17, 15) is 45.3 Å². The first-order chi connectivity index (χ1) is 14.3. The topological polar surface area (TPSA) is 156 Å². The van der Waals surface area contributed by atoms with Gasteiger partial charge in [0.1, 0.15) is 11.4 Å². The smallest absolute Gasteiger partial charge is 0.293 e. The highest BCUT2D eigenvalue weighted by Gasteiger charge is 2.26. The number of nitrogens with one attached hydrogen (secondary N) is 3. The van der Waals surface area contributed by atoms with Gasteiger partial charge in [0.2, 0.25) is 21.7 Å². The van der Waals surface area contributed by atoms with Crippen molar-refractivity contribution < 1.29 is 40.1 Å². The second kappa shape index (κ2) is 9.09. The average molecular weight is 469 g/mol. The summed E-state index contributed by atoms with van der Waals surface area (Å²) in [7, 11) is -4.20. The molecule has 0 aliphatic heterocycles. The number of halogens is 5. The zero-order valence-electron chi connectivity index (χ0n) is 15.0. The minimum atomic E-state index is -4.20. The van der Waals surface area contributed by atoms with Gasteiger partial charge in [-0.1, -0.05) is 0 Å². The van der Waals surface area contributed by atoms with Crippen LogP contribution < -0.4 is 21.3 Å². The van der Waals surface area contributed by atoms with Gasteiger partial charge in [0.25, 0.3) is 5.69 Å². The van der Waals surface area contributed by atoms with Crippen molar-refractivity contribution in [2.75, 3.05) is 17.3 Å². The van der Waals surface area contributed by atoms with Gasteiger partial charge >= 0.3 is 0 Å². The van der Waals surface area contributed by atoms with Crippen LogP contribution in [0.25, 0.3) is 0 Å². The first-order valence-electron chi connectivity index (χ1n) is 7.96. The van der Waals surface area contributed by atoms with Gasteiger partial charge in [-0.05, 0) is 12.1 Å². The Bertz CT molecular complexity index is 1130. The molecule has 16 heteroatoms. The molecule has 31 heavy (non-hydrogen) atoms. The maximum absolute atomic E-state index is 13.5. The third-order valence-corrected chi connectivity index (χ3v) is 4.61. The molecule has 0 aromatic heterocycles. The Morgan fingerprint density at radius 3 is 2.10 bits per heavy atom. The van der Waals surface area contributed by atoms with Crippen molar-refractivity contribution in [3.8, 4) is 0 Å². The number of nitro benzene ring substituents is 1. The number of hydrazine groups is 1. The SMILES string of the molecule is NS(=O)(=O)c1ccc(NCCC(=O)NNc2c(F)c(F)c(F)c(F)c2F)c([N+](=O)[O-])c1. The summed E-state index contributed by atoms with van der Waals surface area (Å²) in [4.78, 5) is 21.4. The number of anilines is 2. The monoisotopic (exact) mass is 469 g/mol.